The van der Waals surface area contributed by atoms with Crippen LogP contribution in [-0.4, -0.2) is 54.8 Å². The SMILES string of the molecule is CC1CCCN(S(=O)(=O)N(C)CC(C)C(=O)O)C1. The van der Waals surface area contributed by atoms with Gasteiger partial charge in [-0.15, -0.1) is 0 Å². The van der Waals surface area contributed by atoms with Gasteiger partial charge in [-0.05, 0) is 18.8 Å². The maximum atomic E-state index is 12.2. The Bertz CT molecular complexity index is 396. The van der Waals surface area contributed by atoms with Crippen LogP contribution in [0.4, 0.5) is 0 Å². The molecule has 18 heavy (non-hydrogen) atoms. The van der Waals surface area contributed by atoms with Crippen LogP contribution < -0.4 is 0 Å². The first kappa shape index (κ1) is 15.4. The highest BCUT2D eigenvalue weighted by molar-refractivity contribution is 7.86. The molecule has 1 rings (SSSR count). The number of carboxylic acids is 1. The summed E-state index contributed by atoms with van der Waals surface area (Å²) in [6.07, 6.45) is 1.91. The lowest BCUT2D eigenvalue weighted by molar-refractivity contribution is -0.141. The van der Waals surface area contributed by atoms with E-state index in [4.69, 9.17) is 5.11 Å². The van der Waals surface area contributed by atoms with Crippen LogP contribution in [0, 0.1) is 11.8 Å². The molecule has 1 fully saturated rings. The molecule has 1 saturated heterocycles. The Morgan fingerprint density at radius 1 is 1.56 bits per heavy atom. The van der Waals surface area contributed by atoms with Gasteiger partial charge in [-0.25, -0.2) is 0 Å². The number of hydrogen-bond acceptors (Lipinski definition) is 3. The number of carboxylic acid groups (broad SMARTS) is 1. The second-order valence-electron chi connectivity index (χ2n) is 5.13. The summed E-state index contributed by atoms with van der Waals surface area (Å²) in [6, 6.07) is 0. The maximum absolute atomic E-state index is 12.2. The number of hydrogen-bond donors (Lipinski definition) is 1. The van der Waals surface area contributed by atoms with Crippen molar-refractivity contribution < 1.29 is 18.3 Å². The van der Waals surface area contributed by atoms with Crippen molar-refractivity contribution >= 4 is 16.2 Å². The third kappa shape index (κ3) is 3.66. The van der Waals surface area contributed by atoms with Gasteiger partial charge in [0.15, 0.2) is 0 Å². The third-order valence-corrected chi connectivity index (χ3v) is 5.21. The van der Waals surface area contributed by atoms with Gasteiger partial charge in [-0.2, -0.15) is 17.0 Å². The Labute approximate surface area is 109 Å². The van der Waals surface area contributed by atoms with Gasteiger partial charge >= 0.3 is 5.97 Å². The van der Waals surface area contributed by atoms with Gasteiger partial charge in [0.2, 0.25) is 0 Å². The molecule has 1 aliphatic heterocycles. The molecule has 0 amide bonds. The zero-order valence-electron chi connectivity index (χ0n) is 11.2. The van der Waals surface area contributed by atoms with E-state index in [0.29, 0.717) is 19.0 Å². The lowest BCUT2D eigenvalue weighted by atomic mass is 10.0. The van der Waals surface area contributed by atoms with E-state index in [0.717, 1.165) is 17.1 Å². The molecule has 0 bridgehead atoms. The van der Waals surface area contributed by atoms with Crippen LogP contribution >= 0.6 is 0 Å². The van der Waals surface area contributed by atoms with Gasteiger partial charge in [0, 0.05) is 26.7 Å². The van der Waals surface area contributed by atoms with Crippen LogP contribution in [0.25, 0.3) is 0 Å². The molecule has 0 aromatic carbocycles. The molecule has 6 nitrogen and oxygen atoms in total. The van der Waals surface area contributed by atoms with E-state index < -0.39 is 22.1 Å². The minimum atomic E-state index is -3.52. The van der Waals surface area contributed by atoms with Crippen molar-refractivity contribution in [3.05, 3.63) is 0 Å². The average molecular weight is 278 g/mol. The van der Waals surface area contributed by atoms with Crippen LogP contribution in [0.5, 0.6) is 0 Å². The first-order valence-corrected chi connectivity index (χ1v) is 7.59. The molecule has 1 heterocycles. The van der Waals surface area contributed by atoms with Gasteiger partial charge in [0.1, 0.15) is 0 Å². The number of rotatable bonds is 5. The topological polar surface area (TPSA) is 77.9 Å². The summed E-state index contributed by atoms with van der Waals surface area (Å²) in [5.41, 5.74) is 0. The second kappa shape index (κ2) is 5.99. The summed E-state index contributed by atoms with van der Waals surface area (Å²) in [6.45, 7) is 4.59. The molecule has 0 aromatic heterocycles. The van der Waals surface area contributed by atoms with E-state index in [9.17, 15) is 13.2 Å². The molecule has 0 aromatic rings. The Kier molecular flexibility index (Phi) is 5.12. The molecule has 2 atom stereocenters. The quantitative estimate of drug-likeness (QED) is 0.799. The smallest absolute Gasteiger partial charge is 0.307 e. The van der Waals surface area contributed by atoms with Crippen molar-refractivity contribution in [3.8, 4) is 0 Å². The summed E-state index contributed by atoms with van der Waals surface area (Å²) in [5.74, 6) is -1.32. The van der Waals surface area contributed by atoms with Gasteiger partial charge < -0.3 is 5.11 Å². The molecule has 0 aliphatic carbocycles. The van der Waals surface area contributed by atoms with E-state index in [2.05, 4.69) is 0 Å². The van der Waals surface area contributed by atoms with Gasteiger partial charge in [-0.1, -0.05) is 13.8 Å². The number of carbonyl (C=O) groups is 1. The molecule has 0 radical (unpaired) electrons. The maximum Gasteiger partial charge on any atom is 0.307 e. The van der Waals surface area contributed by atoms with Gasteiger partial charge in [0.05, 0.1) is 5.92 Å². The first-order valence-electron chi connectivity index (χ1n) is 6.19. The molecule has 0 saturated carbocycles. The molecule has 1 aliphatic rings. The summed E-state index contributed by atoms with van der Waals surface area (Å²) in [4.78, 5) is 10.8. The van der Waals surface area contributed by atoms with Crippen molar-refractivity contribution in [1.29, 1.82) is 0 Å². The highest BCUT2D eigenvalue weighted by Gasteiger charge is 2.31. The Morgan fingerprint density at radius 2 is 2.17 bits per heavy atom. The fraction of sp³-hybridized carbons (Fsp3) is 0.909. The highest BCUT2D eigenvalue weighted by Crippen LogP contribution is 2.20. The van der Waals surface area contributed by atoms with Crippen molar-refractivity contribution in [2.45, 2.75) is 26.7 Å². The number of aliphatic carboxylic acids is 1. The summed E-state index contributed by atoms with van der Waals surface area (Å²) in [5, 5.41) is 8.81. The van der Waals surface area contributed by atoms with Crippen LogP contribution in [0.2, 0.25) is 0 Å². The molecule has 1 N–H and O–H groups in total. The molecular formula is C11H22N2O4S. The fourth-order valence-corrected chi connectivity index (χ4v) is 3.72. The molecular weight excluding hydrogens is 256 g/mol. The van der Waals surface area contributed by atoms with Gasteiger partial charge in [-0.3, -0.25) is 4.79 Å². The summed E-state index contributed by atoms with van der Waals surface area (Å²) >= 11 is 0. The van der Waals surface area contributed by atoms with Crippen molar-refractivity contribution in [1.82, 2.24) is 8.61 Å². The predicted molar refractivity (Wildman–Crippen MR) is 68.3 cm³/mol. The van der Waals surface area contributed by atoms with Crippen LogP contribution in [0.1, 0.15) is 26.7 Å². The molecule has 7 heteroatoms. The number of piperidine rings is 1. The minimum absolute atomic E-state index is 0.00253. The van der Waals surface area contributed by atoms with E-state index >= 15 is 0 Å². The normalized spacial score (nSPS) is 24.1. The zero-order chi connectivity index (χ0) is 13.9. The first-order chi connectivity index (χ1) is 8.25. The number of nitrogens with zero attached hydrogens (tertiary/aromatic N) is 2. The fourth-order valence-electron chi connectivity index (χ4n) is 2.11. The van der Waals surface area contributed by atoms with E-state index in [-0.39, 0.29) is 6.54 Å². The van der Waals surface area contributed by atoms with Crippen molar-refractivity contribution in [3.63, 3.8) is 0 Å². The lowest BCUT2D eigenvalue weighted by Gasteiger charge is -2.33. The molecule has 2 unspecified atom stereocenters. The lowest BCUT2D eigenvalue weighted by Crippen LogP contribution is -2.47. The summed E-state index contributed by atoms with van der Waals surface area (Å²) in [7, 11) is -2.08. The van der Waals surface area contributed by atoms with E-state index in [1.807, 2.05) is 6.92 Å². The largest absolute Gasteiger partial charge is 0.481 e. The standard InChI is InChI=1S/C11H22N2O4S/c1-9-5-4-6-13(7-9)18(16,17)12(3)8-10(2)11(14)15/h9-10H,4-8H2,1-3H3,(H,14,15). The van der Waals surface area contributed by atoms with Crippen LogP contribution in [0.15, 0.2) is 0 Å². The third-order valence-electron chi connectivity index (χ3n) is 3.29. The van der Waals surface area contributed by atoms with Crippen LogP contribution in [-0.2, 0) is 15.0 Å². The molecule has 0 spiro atoms. The Morgan fingerprint density at radius 3 is 2.67 bits per heavy atom. The zero-order valence-corrected chi connectivity index (χ0v) is 12.0. The van der Waals surface area contributed by atoms with E-state index in [1.54, 1.807) is 0 Å². The predicted octanol–water partition coefficient (Wildman–Crippen LogP) is 0.616. The minimum Gasteiger partial charge on any atom is -0.481 e. The summed E-state index contributed by atoms with van der Waals surface area (Å²) < 4.78 is 27.1. The van der Waals surface area contributed by atoms with Gasteiger partial charge in [0.25, 0.3) is 10.2 Å². The van der Waals surface area contributed by atoms with Crippen molar-refractivity contribution in [2.75, 3.05) is 26.7 Å². The Balaban J connectivity index is 2.70. The Hall–Kier alpha value is -0.660. The monoisotopic (exact) mass is 278 g/mol. The van der Waals surface area contributed by atoms with Crippen molar-refractivity contribution in [2.24, 2.45) is 11.8 Å². The second-order valence-corrected chi connectivity index (χ2v) is 7.17. The highest BCUT2D eigenvalue weighted by atomic mass is 32.2. The van der Waals surface area contributed by atoms with Crippen LogP contribution in [0.3, 0.4) is 0 Å². The van der Waals surface area contributed by atoms with E-state index in [1.165, 1.54) is 18.3 Å². The average Bonchev–Trinajstić information content (AvgIpc) is 2.28. The molecule has 106 valence electrons.